The summed E-state index contributed by atoms with van der Waals surface area (Å²) in [5.41, 5.74) is 0.729. The fourth-order valence-electron chi connectivity index (χ4n) is 1.05. The van der Waals surface area contributed by atoms with Gasteiger partial charge < -0.3 is 5.11 Å². The van der Waals surface area contributed by atoms with Gasteiger partial charge in [0.05, 0.1) is 0 Å². The van der Waals surface area contributed by atoms with Crippen molar-refractivity contribution < 1.29 is 9.90 Å². The third kappa shape index (κ3) is 3.15. The maximum Gasteiger partial charge on any atom is 0.354 e. The Bertz CT molecular complexity index is 547. The highest BCUT2D eigenvalue weighted by Gasteiger charge is 2.08. The van der Waals surface area contributed by atoms with Crippen LogP contribution in [0, 0.1) is 0 Å². The molecule has 0 aliphatic rings. The predicted molar refractivity (Wildman–Crippen MR) is 65.7 cm³/mol. The first-order valence-electron chi connectivity index (χ1n) is 4.45. The zero-order chi connectivity index (χ0) is 12.3. The first kappa shape index (κ1) is 12.3. The molecule has 0 aliphatic heterocycles. The Morgan fingerprint density at radius 2 is 2.41 bits per heavy atom. The molecule has 0 spiro atoms. The van der Waals surface area contributed by atoms with Gasteiger partial charge in [-0.1, -0.05) is 16.1 Å². The number of nitrogens with zero attached hydrogens (tertiary/aromatic N) is 3. The minimum Gasteiger partial charge on any atom is -0.477 e. The molecule has 2 aromatic rings. The maximum absolute atomic E-state index is 10.7. The van der Waals surface area contributed by atoms with Crippen LogP contribution in [0.15, 0.2) is 23.2 Å². The third-order valence-electron chi connectivity index (χ3n) is 1.84. The average molecular weight is 288 g/mol. The molecule has 2 heterocycles. The average Bonchev–Trinajstić information content (AvgIpc) is 2.72. The molecule has 0 unspecified atom stereocenters. The normalized spacial score (nSPS) is 10.4. The lowest BCUT2D eigenvalue weighted by atomic mass is 10.3. The van der Waals surface area contributed by atoms with Crippen molar-refractivity contribution in [3.05, 3.63) is 34.1 Å². The van der Waals surface area contributed by atoms with E-state index in [4.69, 9.17) is 16.7 Å². The van der Waals surface area contributed by atoms with Gasteiger partial charge >= 0.3 is 5.97 Å². The van der Waals surface area contributed by atoms with Crippen LogP contribution >= 0.6 is 34.9 Å². The van der Waals surface area contributed by atoms with E-state index < -0.39 is 5.97 Å². The molecule has 0 aromatic carbocycles. The van der Waals surface area contributed by atoms with Gasteiger partial charge in [0.15, 0.2) is 0 Å². The number of carboxylic acids is 1. The number of carboxylic acid groups (broad SMARTS) is 1. The van der Waals surface area contributed by atoms with Crippen molar-refractivity contribution >= 4 is 40.9 Å². The predicted octanol–water partition coefficient (Wildman–Crippen LogP) is 2.58. The van der Waals surface area contributed by atoms with Gasteiger partial charge in [0.25, 0.3) is 0 Å². The summed E-state index contributed by atoms with van der Waals surface area (Å²) in [6.45, 7) is 0. The monoisotopic (exact) mass is 287 g/mol. The number of thioether (sulfide) groups is 1. The van der Waals surface area contributed by atoms with Gasteiger partial charge in [0.1, 0.15) is 15.7 Å². The van der Waals surface area contributed by atoms with Gasteiger partial charge in [0.2, 0.25) is 0 Å². The highest BCUT2D eigenvalue weighted by Crippen LogP contribution is 2.26. The lowest BCUT2D eigenvalue weighted by Gasteiger charge is -2.00. The van der Waals surface area contributed by atoms with E-state index in [-0.39, 0.29) is 5.69 Å². The Morgan fingerprint density at radius 1 is 1.59 bits per heavy atom. The fraction of sp³-hybridized carbons (Fsp3) is 0.111. The first-order chi connectivity index (χ1) is 8.16. The summed E-state index contributed by atoms with van der Waals surface area (Å²) < 4.78 is 4.28. The number of hydrogen-bond donors (Lipinski definition) is 1. The van der Waals surface area contributed by atoms with Gasteiger partial charge in [-0.3, -0.25) is 0 Å². The smallest absolute Gasteiger partial charge is 0.354 e. The summed E-state index contributed by atoms with van der Waals surface area (Å²) in [4.78, 5) is 15.3. The Labute approximate surface area is 110 Å². The van der Waals surface area contributed by atoms with Crippen molar-refractivity contribution in [2.75, 3.05) is 0 Å². The van der Waals surface area contributed by atoms with E-state index in [1.54, 1.807) is 6.07 Å². The van der Waals surface area contributed by atoms with E-state index in [9.17, 15) is 4.79 Å². The van der Waals surface area contributed by atoms with Crippen molar-refractivity contribution in [1.29, 1.82) is 0 Å². The zero-order valence-corrected chi connectivity index (χ0v) is 10.7. The Kier molecular flexibility index (Phi) is 3.93. The first-order valence-corrected chi connectivity index (χ1v) is 6.59. The molecule has 2 aromatic heterocycles. The molecule has 8 heteroatoms. The van der Waals surface area contributed by atoms with Crippen LogP contribution in [0.25, 0.3) is 0 Å². The topological polar surface area (TPSA) is 76.0 Å². The Hall–Kier alpha value is -1.18. The number of rotatable bonds is 4. The van der Waals surface area contributed by atoms with Crippen molar-refractivity contribution in [3.63, 3.8) is 0 Å². The molecule has 0 radical (unpaired) electrons. The highest BCUT2D eigenvalue weighted by atomic mass is 35.5. The van der Waals surface area contributed by atoms with E-state index >= 15 is 0 Å². The summed E-state index contributed by atoms with van der Waals surface area (Å²) >= 11 is 8.43. The van der Waals surface area contributed by atoms with E-state index in [1.165, 1.54) is 24.0 Å². The molecule has 0 amide bonds. The number of aromatic carboxylic acids is 1. The molecule has 0 atom stereocenters. The molecule has 0 saturated carbocycles. The molecule has 1 N–H and O–H groups in total. The summed E-state index contributed by atoms with van der Waals surface area (Å²) in [6.07, 6.45) is 1.46. The molecule has 0 saturated heterocycles. The summed E-state index contributed by atoms with van der Waals surface area (Å²) in [5.74, 6) is -0.487. The van der Waals surface area contributed by atoms with Crippen LogP contribution in [0.2, 0.25) is 4.34 Å². The van der Waals surface area contributed by atoms with Gasteiger partial charge in [-0.05, 0) is 12.1 Å². The number of halogens is 1. The van der Waals surface area contributed by atoms with Gasteiger partial charge in [-0.2, -0.15) is 0 Å². The standard InChI is InChI=1S/C9H6ClN3O2S2/c10-8-7(12-13-17-8)4-16-5-1-2-11-6(3-5)9(14)15/h1-3H,4H2,(H,14,15). The molecule has 88 valence electrons. The molecule has 2 rings (SSSR count). The van der Waals surface area contributed by atoms with Gasteiger partial charge in [-0.25, -0.2) is 9.78 Å². The highest BCUT2D eigenvalue weighted by molar-refractivity contribution is 7.98. The SMILES string of the molecule is O=C(O)c1cc(SCc2nnsc2Cl)ccn1. The summed E-state index contributed by atoms with van der Waals surface area (Å²) in [6, 6.07) is 3.26. The van der Waals surface area contributed by atoms with Crippen LogP contribution in [0.3, 0.4) is 0 Å². The van der Waals surface area contributed by atoms with Gasteiger partial charge in [0, 0.05) is 28.4 Å². The quantitative estimate of drug-likeness (QED) is 0.871. The van der Waals surface area contributed by atoms with Gasteiger partial charge in [-0.15, -0.1) is 16.9 Å². The van der Waals surface area contributed by atoms with Crippen molar-refractivity contribution in [1.82, 2.24) is 14.6 Å². The lowest BCUT2D eigenvalue weighted by molar-refractivity contribution is 0.0690. The molecular weight excluding hydrogens is 282 g/mol. The number of aromatic nitrogens is 3. The second kappa shape index (κ2) is 5.44. The van der Waals surface area contributed by atoms with E-state index in [2.05, 4.69) is 14.6 Å². The van der Waals surface area contributed by atoms with Crippen LogP contribution in [-0.4, -0.2) is 25.6 Å². The van der Waals surface area contributed by atoms with Crippen LogP contribution < -0.4 is 0 Å². The molecule has 0 bridgehead atoms. The molecule has 5 nitrogen and oxygen atoms in total. The van der Waals surface area contributed by atoms with Crippen molar-refractivity contribution in [3.8, 4) is 0 Å². The second-order valence-corrected chi connectivity index (χ2v) is 5.37. The van der Waals surface area contributed by atoms with Crippen molar-refractivity contribution in [2.45, 2.75) is 10.6 Å². The number of hydrogen-bond acceptors (Lipinski definition) is 6. The molecular formula is C9H6ClN3O2S2. The Balaban J connectivity index is 2.07. The van der Waals surface area contributed by atoms with Crippen molar-refractivity contribution in [2.24, 2.45) is 0 Å². The fourth-order valence-corrected chi connectivity index (χ4v) is 2.71. The summed E-state index contributed by atoms with van der Waals surface area (Å²) in [7, 11) is 0. The second-order valence-electron chi connectivity index (χ2n) is 2.96. The zero-order valence-electron chi connectivity index (χ0n) is 8.33. The van der Waals surface area contributed by atoms with Crippen LogP contribution in [0.5, 0.6) is 0 Å². The maximum atomic E-state index is 10.7. The van der Waals surface area contributed by atoms with Crippen LogP contribution in [0.4, 0.5) is 0 Å². The molecule has 0 fully saturated rings. The molecule has 0 aliphatic carbocycles. The largest absolute Gasteiger partial charge is 0.477 e. The van der Waals surface area contributed by atoms with Crippen LogP contribution in [-0.2, 0) is 5.75 Å². The van der Waals surface area contributed by atoms with E-state index in [1.807, 2.05) is 0 Å². The van der Waals surface area contributed by atoms with E-state index in [0.29, 0.717) is 15.8 Å². The van der Waals surface area contributed by atoms with Crippen LogP contribution in [0.1, 0.15) is 16.2 Å². The number of pyridine rings is 1. The lowest BCUT2D eigenvalue weighted by Crippen LogP contribution is -1.99. The molecule has 17 heavy (non-hydrogen) atoms. The number of carbonyl (C=O) groups is 1. The third-order valence-corrected chi connectivity index (χ3v) is 3.82. The Morgan fingerprint density at radius 3 is 3.06 bits per heavy atom. The summed E-state index contributed by atoms with van der Waals surface area (Å²) in [5, 5.41) is 12.7. The minimum atomic E-state index is -1.04. The minimum absolute atomic E-state index is 0.0255. The van der Waals surface area contributed by atoms with E-state index in [0.717, 1.165) is 16.4 Å².